The number of hydrogen-bond donors (Lipinski definition) is 2. The molecule has 0 saturated heterocycles. The molecule has 1 amide bonds. The minimum absolute atomic E-state index is 0.130. The van der Waals surface area contributed by atoms with Crippen LogP contribution < -0.4 is 5.73 Å². The third kappa shape index (κ3) is 3.09. The number of nitrogens with two attached hydrogens (primary N) is 1. The van der Waals surface area contributed by atoms with E-state index in [-0.39, 0.29) is 11.7 Å². The third-order valence-electron chi connectivity index (χ3n) is 3.12. The largest absolute Gasteiger partial charge is 0.508 e. The summed E-state index contributed by atoms with van der Waals surface area (Å²) in [4.78, 5) is 14.0. The van der Waals surface area contributed by atoms with E-state index in [1.54, 1.807) is 42.3 Å². The molecule has 0 bridgehead atoms. The maximum absolute atomic E-state index is 12.4. The molecule has 0 aromatic heterocycles. The number of benzene rings is 2. The summed E-state index contributed by atoms with van der Waals surface area (Å²) in [7, 11) is 1.72. The predicted molar refractivity (Wildman–Crippen MR) is 79.5 cm³/mol. The number of aryl methyl sites for hydroxylation is 1. The van der Waals surface area contributed by atoms with Crippen molar-refractivity contribution in [3.63, 3.8) is 0 Å². The van der Waals surface area contributed by atoms with Crippen molar-refractivity contribution in [1.82, 2.24) is 4.90 Å². The molecule has 2 rings (SSSR count). The zero-order chi connectivity index (χ0) is 14.7. The Morgan fingerprint density at radius 1 is 1.25 bits per heavy atom. The zero-order valence-corrected chi connectivity index (χ0v) is 11.6. The van der Waals surface area contributed by atoms with Gasteiger partial charge in [-0.2, -0.15) is 0 Å². The Labute approximate surface area is 118 Å². The Kier molecular flexibility index (Phi) is 3.94. The van der Waals surface area contributed by atoms with E-state index in [0.29, 0.717) is 17.8 Å². The molecule has 0 aliphatic rings. The number of amides is 1. The van der Waals surface area contributed by atoms with Crippen molar-refractivity contribution in [2.75, 3.05) is 12.8 Å². The number of rotatable bonds is 3. The van der Waals surface area contributed by atoms with Crippen LogP contribution in [-0.2, 0) is 6.54 Å². The summed E-state index contributed by atoms with van der Waals surface area (Å²) in [5.41, 5.74) is 8.70. The van der Waals surface area contributed by atoms with Gasteiger partial charge in [0.25, 0.3) is 5.91 Å². The standard InChI is InChI=1S/C16H18N2O2/c1-11-6-7-15(17)14(8-11)16(20)18(2)10-12-4-3-5-13(19)9-12/h3-9,19H,10,17H2,1-2H3. The molecule has 0 saturated carbocycles. The number of carbonyl (C=O) groups excluding carboxylic acids is 1. The summed E-state index contributed by atoms with van der Waals surface area (Å²) in [6.45, 7) is 2.34. The molecule has 0 aliphatic heterocycles. The highest BCUT2D eigenvalue weighted by Crippen LogP contribution is 2.18. The fourth-order valence-electron chi connectivity index (χ4n) is 2.06. The lowest BCUT2D eigenvalue weighted by Gasteiger charge is -2.18. The Hall–Kier alpha value is -2.49. The molecule has 2 aromatic carbocycles. The average molecular weight is 270 g/mol. The van der Waals surface area contributed by atoms with Crippen LogP contribution in [-0.4, -0.2) is 23.0 Å². The maximum atomic E-state index is 12.4. The van der Waals surface area contributed by atoms with Crippen LogP contribution in [0.25, 0.3) is 0 Å². The summed E-state index contributed by atoms with van der Waals surface area (Å²) in [5, 5.41) is 9.44. The van der Waals surface area contributed by atoms with Crippen LogP contribution in [0.15, 0.2) is 42.5 Å². The monoisotopic (exact) mass is 270 g/mol. The SMILES string of the molecule is Cc1ccc(N)c(C(=O)N(C)Cc2cccc(O)c2)c1. The fourth-order valence-corrected chi connectivity index (χ4v) is 2.06. The number of hydrogen-bond acceptors (Lipinski definition) is 3. The fraction of sp³-hybridized carbons (Fsp3) is 0.188. The van der Waals surface area contributed by atoms with Crippen LogP contribution in [0.1, 0.15) is 21.5 Å². The first-order valence-corrected chi connectivity index (χ1v) is 6.37. The molecule has 0 spiro atoms. The van der Waals surface area contributed by atoms with Gasteiger partial charge in [0.05, 0.1) is 5.56 Å². The van der Waals surface area contributed by atoms with Gasteiger partial charge in [-0.15, -0.1) is 0 Å². The smallest absolute Gasteiger partial charge is 0.255 e. The predicted octanol–water partition coefficient (Wildman–Crippen LogP) is 2.56. The Balaban J connectivity index is 2.18. The second-order valence-electron chi connectivity index (χ2n) is 4.92. The Bertz CT molecular complexity index is 638. The lowest BCUT2D eigenvalue weighted by molar-refractivity contribution is 0.0786. The molecule has 4 heteroatoms. The minimum Gasteiger partial charge on any atom is -0.508 e. The van der Waals surface area contributed by atoms with Crippen molar-refractivity contribution in [2.45, 2.75) is 13.5 Å². The van der Waals surface area contributed by atoms with Crippen LogP contribution in [0.5, 0.6) is 5.75 Å². The molecule has 4 nitrogen and oxygen atoms in total. The van der Waals surface area contributed by atoms with E-state index >= 15 is 0 Å². The molecule has 0 aliphatic carbocycles. The van der Waals surface area contributed by atoms with Crippen molar-refractivity contribution < 1.29 is 9.90 Å². The van der Waals surface area contributed by atoms with Gasteiger partial charge < -0.3 is 15.7 Å². The molecule has 0 fully saturated rings. The van der Waals surface area contributed by atoms with Crippen molar-refractivity contribution in [1.29, 1.82) is 0 Å². The summed E-state index contributed by atoms with van der Waals surface area (Å²) < 4.78 is 0. The van der Waals surface area contributed by atoms with Gasteiger partial charge in [-0.25, -0.2) is 0 Å². The highest BCUT2D eigenvalue weighted by Gasteiger charge is 2.15. The first-order valence-electron chi connectivity index (χ1n) is 6.37. The zero-order valence-electron chi connectivity index (χ0n) is 11.6. The van der Waals surface area contributed by atoms with Gasteiger partial charge in [-0.1, -0.05) is 23.8 Å². The first kappa shape index (κ1) is 13.9. The number of aromatic hydroxyl groups is 1. The van der Waals surface area contributed by atoms with E-state index in [2.05, 4.69) is 0 Å². The van der Waals surface area contributed by atoms with Crippen LogP contribution in [0.3, 0.4) is 0 Å². The lowest BCUT2D eigenvalue weighted by Crippen LogP contribution is -2.27. The van der Waals surface area contributed by atoms with E-state index in [4.69, 9.17) is 5.73 Å². The minimum atomic E-state index is -0.130. The summed E-state index contributed by atoms with van der Waals surface area (Å²) >= 11 is 0. The van der Waals surface area contributed by atoms with E-state index in [1.165, 1.54) is 0 Å². The van der Waals surface area contributed by atoms with Crippen LogP contribution in [0.4, 0.5) is 5.69 Å². The van der Waals surface area contributed by atoms with Gasteiger partial charge in [0.15, 0.2) is 0 Å². The van der Waals surface area contributed by atoms with Gasteiger partial charge in [0.1, 0.15) is 5.75 Å². The number of carbonyl (C=O) groups is 1. The van der Waals surface area contributed by atoms with E-state index in [9.17, 15) is 9.90 Å². The maximum Gasteiger partial charge on any atom is 0.255 e. The van der Waals surface area contributed by atoms with Crippen molar-refractivity contribution in [2.24, 2.45) is 0 Å². The van der Waals surface area contributed by atoms with Crippen molar-refractivity contribution in [3.05, 3.63) is 59.2 Å². The van der Waals surface area contributed by atoms with E-state index in [1.807, 2.05) is 19.1 Å². The third-order valence-corrected chi connectivity index (χ3v) is 3.12. The second kappa shape index (κ2) is 5.65. The molecular weight excluding hydrogens is 252 g/mol. The molecule has 0 unspecified atom stereocenters. The number of nitrogen functional groups attached to an aromatic ring is 1. The van der Waals surface area contributed by atoms with Crippen molar-refractivity contribution >= 4 is 11.6 Å². The average Bonchev–Trinajstić information content (AvgIpc) is 2.40. The second-order valence-corrected chi connectivity index (χ2v) is 4.92. The van der Waals surface area contributed by atoms with Gasteiger partial charge in [0.2, 0.25) is 0 Å². The molecule has 0 heterocycles. The summed E-state index contributed by atoms with van der Waals surface area (Å²) in [6.07, 6.45) is 0. The topological polar surface area (TPSA) is 66.6 Å². The van der Waals surface area contributed by atoms with Gasteiger partial charge in [-0.3, -0.25) is 4.79 Å². The van der Waals surface area contributed by atoms with Crippen molar-refractivity contribution in [3.8, 4) is 5.75 Å². The normalized spacial score (nSPS) is 10.3. The number of nitrogens with zero attached hydrogens (tertiary/aromatic N) is 1. The highest BCUT2D eigenvalue weighted by atomic mass is 16.3. The molecule has 3 N–H and O–H groups in total. The highest BCUT2D eigenvalue weighted by molar-refractivity contribution is 5.99. The Morgan fingerprint density at radius 2 is 2.00 bits per heavy atom. The molecular formula is C16H18N2O2. The summed E-state index contributed by atoms with van der Waals surface area (Å²) in [5.74, 6) is 0.0629. The molecule has 0 radical (unpaired) electrons. The van der Waals surface area contributed by atoms with Crippen LogP contribution in [0.2, 0.25) is 0 Å². The quantitative estimate of drug-likeness (QED) is 0.842. The van der Waals surface area contributed by atoms with Gasteiger partial charge >= 0.3 is 0 Å². The van der Waals surface area contributed by atoms with Gasteiger partial charge in [0, 0.05) is 19.3 Å². The first-order chi connectivity index (χ1) is 9.47. The molecule has 0 atom stereocenters. The summed E-state index contributed by atoms with van der Waals surface area (Å²) in [6, 6.07) is 12.3. The number of phenolic OH excluding ortho intramolecular Hbond substituents is 1. The van der Waals surface area contributed by atoms with Gasteiger partial charge in [-0.05, 0) is 36.8 Å². The molecule has 20 heavy (non-hydrogen) atoms. The number of phenols is 1. The van der Waals surface area contributed by atoms with Crippen LogP contribution >= 0.6 is 0 Å². The molecule has 2 aromatic rings. The molecule has 104 valence electrons. The number of anilines is 1. The lowest BCUT2D eigenvalue weighted by atomic mass is 10.1. The Morgan fingerprint density at radius 3 is 2.70 bits per heavy atom. The van der Waals surface area contributed by atoms with Crippen LogP contribution in [0, 0.1) is 6.92 Å². The van der Waals surface area contributed by atoms with E-state index in [0.717, 1.165) is 11.1 Å². The van der Waals surface area contributed by atoms with E-state index < -0.39 is 0 Å².